The minimum atomic E-state index is -0.792. The van der Waals surface area contributed by atoms with Gasteiger partial charge in [0.15, 0.2) is 0 Å². The minimum Gasteiger partial charge on any atom is -0.462 e. The highest BCUT2D eigenvalue weighted by atomic mass is 16.5. The normalized spacial score (nSPS) is 13.8. The second-order valence-electron chi connectivity index (χ2n) is 15.1. The highest BCUT2D eigenvalue weighted by Gasteiger charge is 2.24. The van der Waals surface area contributed by atoms with Gasteiger partial charge in [-0.2, -0.15) is 0 Å². The fourth-order valence-electron chi connectivity index (χ4n) is 6.50. The Morgan fingerprint density at radius 3 is 1.64 bits per heavy atom. The van der Waals surface area contributed by atoms with Gasteiger partial charge in [0.2, 0.25) is 5.91 Å². The molecule has 3 N–H and O–H groups in total. The van der Waals surface area contributed by atoms with E-state index in [1.807, 2.05) is 0 Å². The summed E-state index contributed by atoms with van der Waals surface area (Å²) in [5.74, 6) is -0.511. The zero-order valence-electron chi connectivity index (χ0n) is 34.9. The lowest BCUT2D eigenvalue weighted by molar-refractivity contribution is -0.151. The van der Waals surface area contributed by atoms with Gasteiger partial charge in [0.1, 0.15) is 6.10 Å². The molecule has 0 saturated carbocycles. The standard InChI is InChI=1S/C47H85NO5/c1-4-7-10-13-16-19-22-23-24-25-26-29-32-35-38-43(53-47(52)40-37-34-31-28-21-18-15-12-9-6-3)41-46(51)48-44(42-49)45(50)39-36-33-30-27-20-17-14-11-8-5-2/h7,10,12,15-16,19,23-24,43-45,49-50H,4-6,8-9,11,13-14,17-18,20-22,25-42H2,1-3H3,(H,48,51)/b10-7+,15-12-,19-16+,24-23+. The van der Waals surface area contributed by atoms with Crippen LogP contribution in [0.25, 0.3) is 0 Å². The van der Waals surface area contributed by atoms with Crippen LogP contribution >= 0.6 is 0 Å². The molecular formula is C47H85NO5. The summed E-state index contributed by atoms with van der Waals surface area (Å²) < 4.78 is 5.88. The average Bonchev–Trinajstić information content (AvgIpc) is 3.15. The van der Waals surface area contributed by atoms with Gasteiger partial charge >= 0.3 is 5.97 Å². The highest BCUT2D eigenvalue weighted by Crippen LogP contribution is 2.17. The summed E-state index contributed by atoms with van der Waals surface area (Å²) in [6, 6.07) is -0.707. The first kappa shape index (κ1) is 50.8. The Labute approximate surface area is 327 Å². The molecule has 0 bridgehead atoms. The zero-order valence-corrected chi connectivity index (χ0v) is 34.9. The first-order chi connectivity index (χ1) is 26.0. The summed E-state index contributed by atoms with van der Waals surface area (Å²) in [4.78, 5) is 25.9. The number of carbonyl (C=O) groups is 2. The predicted octanol–water partition coefficient (Wildman–Crippen LogP) is 12.7. The molecule has 0 heterocycles. The van der Waals surface area contributed by atoms with Crippen molar-refractivity contribution in [1.82, 2.24) is 5.32 Å². The number of nitrogens with one attached hydrogen (secondary N) is 1. The SMILES string of the molecule is CC/C=C/C/C=C/C/C=C/CCCCCCC(CC(=O)NC(CO)C(O)CCCCCCCCCCCC)OC(=O)CCCCCCC/C=C\CCC. The van der Waals surface area contributed by atoms with Gasteiger partial charge in [-0.3, -0.25) is 9.59 Å². The lowest BCUT2D eigenvalue weighted by Gasteiger charge is -2.24. The van der Waals surface area contributed by atoms with Gasteiger partial charge < -0.3 is 20.3 Å². The second kappa shape index (κ2) is 41.0. The molecule has 0 aromatic heterocycles. The topological polar surface area (TPSA) is 95.9 Å². The van der Waals surface area contributed by atoms with Crippen LogP contribution in [0.2, 0.25) is 0 Å². The number of hydrogen-bond acceptors (Lipinski definition) is 5. The first-order valence-corrected chi connectivity index (χ1v) is 22.4. The number of hydrogen-bond donors (Lipinski definition) is 3. The van der Waals surface area contributed by atoms with Crippen molar-refractivity contribution in [2.24, 2.45) is 0 Å². The summed E-state index contributed by atoms with van der Waals surface area (Å²) in [5, 5.41) is 23.6. The van der Waals surface area contributed by atoms with Crippen molar-refractivity contribution in [2.75, 3.05) is 6.61 Å². The minimum absolute atomic E-state index is 0.0588. The lowest BCUT2D eigenvalue weighted by Crippen LogP contribution is -2.46. The molecule has 0 saturated heterocycles. The third-order valence-corrected chi connectivity index (χ3v) is 9.87. The van der Waals surface area contributed by atoms with E-state index in [0.29, 0.717) is 19.3 Å². The molecule has 6 nitrogen and oxygen atoms in total. The number of amides is 1. The molecule has 0 rings (SSSR count). The van der Waals surface area contributed by atoms with E-state index in [2.05, 4.69) is 74.7 Å². The van der Waals surface area contributed by atoms with Gasteiger partial charge in [0, 0.05) is 6.42 Å². The van der Waals surface area contributed by atoms with Crippen LogP contribution in [-0.2, 0) is 14.3 Å². The Kier molecular flexibility index (Phi) is 39.3. The van der Waals surface area contributed by atoms with Crippen molar-refractivity contribution < 1.29 is 24.5 Å². The number of ether oxygens (including phenoxy) is 1. The molecule has 0 radical (unpaired) electrons. The van der Waals surface area contributed by atoms with Crippen LogP contribution in [0.15, 0.2) is 48.6 Å². The van der Waals surface area contributed by atoms with Crippen molar-refractivity contribution in [3.63, 3.8) is 0 Å². The van der Waals surface area contributed by atoms with Gasteiger partial charge in [-0.05, 0) is 77.0 Å². The maximum Gasteiger partial charge on any atom is 0.306 e. The van der Waals surface area contributed by atoms with E-state index in [1.54, 1.807) is 0 Å². The number of aliphatic hydroxyl groups is 2. The van der Waals surface area contributed by atoms with Crippen molar-refractivity contribution in [3.05, 3.63) is 48.6 Å². The summed E-state index contributed by atoms with van der Waals surface area (Å²) >= 11 is 0. The van der Waals surface area contributed by atoms with Crippen LogP contribution in [0, 0.1) is 0 Å². The van der Waals surface area contributed by atoms with Crippen molar-refractivity contribution in [3.8, 4) is 0 Å². The Morgan fingerprint density at radius 1 is 0.566 bits per heavy atom. The van der Waals surface area contributed by atoms with Crippen LogP contribution in [0.5, 0.6) is 0 Å². The summed E-state index contributed by atoms with van der Waals surface area (Å²) in [5.41, 5.74) is 0. The molecular weight excluding hydrogens is 659 g/mol. The van der Waals surface area contributed by atoms with Gasteiger partial charge in [0.25, 0.3) is 0 Å². The Balaban J connectivity index is 4.66. The third-order valence-electron chi connectivity index (χ3n) is 9.87. The van der Waals surface area contributed by atoms with E-state index in [4.69, 9.17) is 4.74 Å². The first-order valence-electron chi connectivity index (χ1n) is 22.4. The van der Waals surface area contributed by atoms with E-state index in [9.17, 15) is 19.8 Å². The molecule has 6 heteroatoms. The van der Waals surface area contributed by atoms with Gasteiger partial charge in [-0.15, -0.1) is 0 Å². The van der Waals surface area contributed by atoms with Crippen LogP contribution in [-0.4, -0.2) is 46.9 Å². The molecule has 0 aliphatic carbocycles. The van der Waals surface area contributed by atoms with E-state index in [0.717, 1.165) is 103 Å². The molecule has 0 spiro atoms. The molecule has 308 valence electrons. The molecule has 53 heavy (non-hydrogen) atoms. The lowest BCUT2D eigenvalue weighted by atomic mass is 10.0. The van der Waals surface area contributed by atoms with Crippen LogP contribution in [0.3, 0.4) is 0 Å². The van der Waals surface area contributed by atoms with Crippen molar-refractivity contribution >= 4 is 11.9 Å². The molecule has 3 unspecified atom stereocenters. The highest BCUT2D eigenvalue weighted by molar-refractivity contribution is 5.77. The fourth-order valence-corrected chi connectivity index (χ4v) is 6.50. The number of allylic oxidation sites excluding steroid dienone is 8. The number of unbranched alkanes of at least 4 members (excludes halogenated alkanes) is 19. The molecule has 3 atom stereocenters. The maximum atomic E-state index is 13.1. The third kappa shape index (κ3) is 36.6. The van der Waals surface area contributed by atoms with Gasteiger partial charge in [-0.25, -0.2) is 0 Å². The molecule has 0 fully saturated rings. The van der Waals surface area contributed by atoms with Crippen molar-refractivity contribution in [2.45, 2.75) is 232 Å². The molecule has 0 aliphatic heterocycles. The largest absolute Gasteiger partial charge is 0.462 e. The summed E-state index contributed by atoms with van der Waals surface area (Å²) in [6.07, 6.45) is 47.4. The van der Waals surface area contributed by atoms with Crippen LogP contribution in [0.4, 0.5) is 0 Å². The van der Waals surface area contributed by atoms with E-state index >= 15 is 0 Å². The quantitative estimate of drug-likeness (QED) is 0.0331. The second-order valence-corrected chi connectivity index (χ2v) is 15.1. The average molecular weight is 744 g/mol. The van der Waals surface area contributed by atoms with Gasteiger partial charge in [-0.1, -0.05) is 172 Å². The summed E-state index contributed by atoms with van der Waals surface area (Å²) in [6.45, 7) is 6.27. The number of carbonyl (C=O) groups excluding carboxylic acids is 2. The Morgan fingerprint density at radius 2 is 1.06 bits per heavy atom. The van der Waals surface area contributed by atoms with Crippen molar-refractivity contribution in [1.29, 1.82) is 0 Å². The fraction of sp³-hybridized carbons (Fsp3) is 0.787. The number of rotatable bonds is 39. The molecule has 0 aromatic carbocycles. The van der Waals surface area contributed by atoms with E-state index in [-0.39, 0.29) is 24.9 Å². The smallest absolute Gasteiger partial charge is 0.306 e. The number of esters is 1. The van der Waals surface area contributed by atoms with E-state index < -0.39 is 18.2 Å². The van der Waals surface area contributed by atoms with Gasteiger partial charge in [0.05, 0.1) is 25.2 Å². The van der Waals surface area contributed by atoms with E-state index in [1.165, 1.54) is 64.2 Å². The number of aliphatic hydroxyl groups excluding tert-OH is 2. The molecule has 0 aliphatic rings. The van der Waals surface area contributed by atoms with Crippen LogP contribution in [0.1, 0.15) is 213 Å². The summed E-state index contributed by atoms with van der Waals surface area (Å²) in [7, 11) is 0. The molecule has 1 amide bonds. The Hall–Kier alpha value is -2.18. The molecule has 0 aromatic rings. The monoisotopic (exact) mass is 744 g/mol. The zero-order chi connectivity index (χ0) is 38.9. The predicted molar refractivity (Wildman–Crippen MR) is 227 cm³/mol. The van der Waals surface area contributed by atoms with Crippen LogP contribution < -0.4 is 5.32 Å². The maximum absolute atomic E-state index is 13.1. The Bertz CT molecular complexity index is 926.